The largest absolute Gasteiger partial charge is 0.382 e. The summed E-state index contributed by atoms with van der Waals surface area (Å²) in [6.45, 7) is 6.67. The van der Waals surface area contributed by atoms with E-state index in [1.54, 1.807) is 0 Å². The molecule has 0 radical (unpaired) electrons. The maximum Gasteiger partial charge on any atom is 0.0992 e. The number of hydrogen-bond acceptors (Lipinski definition) is 2. The maximum absolute atomic E-state index is 8.79. The van der Waals surface area contributed by atoms with Gasteiger partial charge in [-0.1, -0.05) is 13.8 Å². The standard InChI is InChI=1S/C14H19BrN2/c1-10(2)4-5-11(3)17-14-7-6-12(9-16)8-13(14)15/h6-8,10-11,17H,4-5H2,1-3H3. The molecule has 1 N–H and O–H groups in total. The Morgan fingerprint density at radius 2 is 2.00 bits per heavy atom. The van der Waals surface area contributed by atoms with Crippen molar-refractivity contribution in [2.24, 2.45) is 5.92 Å². The highest BCUT2D eigenvalue weighted by Crippen LogP contribution is 2.24. The quantitative estimate of drug-likeness (QED) is 0.864. The highest BCUT2D eigenvalue weighted by atomic mass is 79.9. The van der Waals surface area contributed by atoms with Crippen molar-refractivity contribution in [1.82, 2.24) is 0 Å². The fraction of sp³-hybridized carbons (Fsp3) is 0.500. The summed E-state index contributed by atoms with van der Waals surface area (Å²) in [6.07, 6.45) is 2.38. The molecular formula is C14H19BrN2. The number of nitrogens with one attached hydrogen (secondary N) is 1. The first-order valence-electron chi connectivity index (χ1n) is 5.99. The Labute approximate surface area is 112 Å². The smallest absolute Gasteiger partial charge is 0.0992 e. The van der Waals surface area contributed by atoms with E-state index in [2.05, 4.69) is 48.1 Å². The number of benzene rings is 1. The molecule has 0 aliphatic carbocycles. The second-order valence-corrected chi connectivity index (χ2v) is 5.68. The zero-order valence-electron chi connectivity index (χ0n) is 10.6. The van der Waals surface area contributed by atoms with Crippen LogP contribution in [0.15, 0.2) is 22.7 Å². The number of nitrogens with zero attached hydrogens (tertiary/aromatic N) is 1. The fourth-order valence-electron chi connectivity index (χ4n) is 1.62. The highest BCUT2D eigenvalue weighted by Gasteiger charge is 2.06. The second-order valence-electron chi connectivity index (χ2n) is 4.82. The first-order valence-corrected chi connectivity index (χ1v) is 6.78. The van der Waals surface area contributed by atoms with Gasteiger partial charge in [0.1, 0.15) is 0 Å². The van der Waals surface area contributed by atoms with Crippen LogP contribution in [0.4, 0.5) is 5.69 Å². The van der Waals surface area contributed by atoms with E-state index in [1.807, 2.05) is 18.2 Å². The van der Waals surface area contributed by atoms with Crippen molar-refractivity contribution in [3.8, 4) is 6.07 Å². The summed E-state index contributed by atoms with van der Waals surface area (Å²) in [6, 6.07) is 8.21. The van der Waals surface area contributed by atoms with Crippen LogP contribution in [-0.4, -0.2) is 6.04 Å². The Hall–Kier alpha value is -1.01. The van der Waals surface area contributed by atoms with Gasteiger partial charge in [-0.15, -0.1) is 0 Å². The molecule has 0 saturated carbocycles. The van der Waals surface area contributed by atoms with Crippen LogP contribution in [0.25, 0.3) is 0 Å². The molecule has 1 unspecified atom stereocenters. The zero-order chi connectivity index (χ0) is 12.8. The van der Waals surface area contributed by atoms with Gasteiger partial charge in [0.2, 0.25) is 0 Å². The minimum absolute atomic E-state index is 0.446. The number of nitriles is 1. The molecule has 3 heteroatoms. The summed E-state index contributed by atoms with van der Waals surface area (Å²) in [5.74, 6) is 0.739. The summed E-state index contributed by atoms with van der Waals surface area (Å²) in [7, 11) is 0. The molecule has 0 amide bonds. The molecule has 0 heterocycles. The van der Waals surface area contributed by atoms with E-state index in [4.69, 9.17) is 5.26 Å². The lowest BCUT2D eigenvalue weighted by Gasteiger charge is -2.17. The highest BCUT2D eigenvalue weighted by molar-refractivity contribution is 9.10. The molecule has 2 nitrogen and oxygen atoms in total. The molecule has 0 saturated heterocycles. The predicted octanol–water partition coefficient (Wildman–Crippen LogP) is 4.56. The van der Waals surface area contributed by atoms with Crippen molar-refractivity contribution < 1.29 is 0 Å². The summed E-state index contributed by atoms with van der Waals surface area (Å²) in [4.78, 5) is 0. The van der Waals surface area contributed by atoms with E-state index in [0.717, 1.165) is 22.5 Å². The lowest BCUT2D eigenvalue weighted by Crippen LogP contribution is -2.16. The van der Waals surface area contributed by atoms with Crippen molar-refractivity contribution in [3.63, 3.8) is 0 Å². The van der Waals surface area contributed by atoms with Gasteiger partial charge in [-0.05, 0) is 59.8 Å². The molecule has 17 heavy (non-hydrogen) atoms. The molecule has 0 aliphatic rings. The number of anilines is 1. The van der Waals surface area contributed by atoms with Crippen LogP contribution in [-0.2, 0) is 0 Å². The molecule has 1 atom stereocenters. The lowest BCUT2D eigenvalue weighted by molar-refractivity contribution is 0.527. The third-order valence-corrected chi connectivity index (χ3v) is 3.33. The van der Waals surface area contributed by atoms with Crippen molar-refractivity contribution in [2.75, 3.05) is 5.32 Å². The normalized spacial score (nSPS) is 12.2. The molecule has 1 rings (SSSR count). The van der Waals surface area contributed by atoms with Gasteiger partial charge in [-0.3, -0.25) is 0 Å². The Morgan fingerprint density at radius 3 is 2.53 bits per heavy atom. The van der Waals surface area contributed by atoms with Gasteiger partial charge in [-0.25, -0.2) is 0 Å². The van der Waals surface area contributed by atoms with Crippen molar-refractivity contribution in [3.05, 3.63) is 28.2 Å². The Balaban J connectivity index is 2.60. The van der Waals surface area contributed by atoms with Gasteiger partial charge in [-0.2, -0.15) is 5.26 Å². The lowest BCUT2D eigenvalue weighted by atomic mass is 10.0. The van der Waals surface area contributed by atoms with Crippen LogP contribution in [0, 0.1) is 17.2 Å². The Kier molecular flexibility index (Phi) is 5.50. The van der Waals surface area contributed by atoms with E-state index in [-0.39, 0.29) is 0 Å². The summed E-state index contributed by atoms with van der Waals surface area (Å²) < 4.78 is 0.952. The fourth-order valence-corrected chi connectivity index (χ4v) is 2.12. The summed E-state index contributed by atoms with van der Waals surface area (Å²) >= 11 is 3.48. The van der Waals surface area contributed by atoms with E-state index < -0.39 is 0 Å². The molecule has 0 spiro atoms. The van der Waals surface area contributed by atoms with Crippen LogP contribution in [0.5, 0.6) is 0 Å². The molecule has 1 aromatic carbocycles. The van der Waals surface area contributed by atoms with Gasteiger partial charge in [0.15, 0.2) is 0 Å². The van der Waals surface area contributed by atoms with Crippen LogP contribution in [0.2, 0.25) is 0 Å². The molecular weight excluding hydrogens is 276 g/mol. The van der Waals surface area contributed by atoms with Crippen molar-refractivity contribution >= 4 is 21.6 Å². The van der Waals surface area contributed by atoms with E-state index in [0.29, 0.717) is 11.6 Å². The number of rotatable bonds is 5. The Morgan fingerprint density at radius 1 is 1.29 bits per heavy atom. The first kappa shape index (κ1) is 14.1. The van der Waals surface area contributed by atoms with Crippen molar-refractivity contribution in [1.29, 1.82) is 5.26 Å². The zero-order valence-corrected chi connectivity index (χ0v) is 12.2. The van der Waals surface area contributed by atoms with Crippen molar-refractivity contribution in [2.45, 2.75) is 39.7 Å². The summed E-state index contributed by atoms with van der Waals surface area (Å²) in [5, 5.41) is 12.2. The SMILES string of the molecule is CC(C)CCC(C)Nc1ccc(C#N)cc1Br. The Bertz CT molecular complexity index is 407. The predicted molar refractivity (Wildman–Crippen MR) is 76.0 cm³/mol. The third-order valence-electron chi connectivity index (χ3n) is 2.68. The van der Waals surface area contributed by atoms with Crippen LogP contribution in [0.1, 0.15) is 39.2 Å². The van der Waals surface area contributed by atoms with Gasteiger partial charge in [0, 0.05) is 16.2 Å². The molecule has 0 fully saturated rings. The maximum atomic E-state index is 8.79. The molecule has 1 aromatic rings. The van der Waals surface area contributed by atoms with Gasteiger partial charge >= 0.3 is 0 Å². The minimum Gasteiger partial charge on any atom is -0.382 e. The minimum atomic E-state index is 0.446. The van der Waals surface area contributed by atoms with Crippen LogP contribution >= 0.6 is 15.9 Å². The van der Waals surface area contributed by atoms with Gasteiger partial charge < -0.3 is 5.32 Å². The molecule has 0 aliphatic heterocycles. The second kappa shape index (κ2) is 6.66. The van der Waals surface area contributed by atoms with E-state index in [1.165, 1.54) is 6.42 Å². The first-order chi connectivity index (χ1) is 8.02. The number of hydrogen-bond donors (Lipinski definition) is 1. The van der Waals surface area contributed by atoms with E-state index >= 15 is 0 Å². The average Bonchev–Trinajstić information content (AvgIpc) is 2.29. The summed E-state index contributed by atoms with van der Waals surface area (Å²) in [5.41, 5.74) is 1.73. The topological polar surface area (TPSA) is 35.8 Å². The number of halogens is 1. The monoisotopic (exact) mass is 294 g/mol. The molecule has 0 aromatic heterocycles. The van der Waals surface area contributed by atoms with Crippen LogP contribution in [0.3, 0.4) is 0 Å². The average molecular weight is 295 g/mol. The molecule has 0 bridgehead atoms. The molecule has 92 valence electrons. The third kappa shape index (κ3) is 4.79. The van der Waals surface area contributed by atoms with E-state index in [9.17, 15) is 0 Å². The van der Waals surface area contributed by atoms with Crippen LogP contribution < -0.4 is 5.32 Å². The van der Waals surface area contributed by atoms with Gasteiger partial charge in [0.05, 0.1) is 11.6 Å². The van der Waals surface area contributed by atoms with Gasteiger partial charge in [0.25, 0.3) is 0 Å².